The summed E-state index contributed by atoms with van der Waals surface area (Å²) in [6.07, 6.45) is 8.57. The average molecular weight is 380 g/mol. The van der Waals surface area contributed by atoms with Gasteiger partial charge in [-0.05, 0) is 80.1 Å². The summed E-state index contributed by atoms with van der Waals surface area (Å²) in [5, 5.41) is 0. The normalized spacial score (nSPS) is 27.3. The number of rotatable bonds is 3. The Kier molecular flexibility index (Phi) is 6.93. The van der Waals surface area contributed by atoms with E-state index in [2.05, 4.69) is 56.2 Å². The van der Waals surface area contributed by atoms with Gasteiger partial charge < -0.3 is 9.64 Å². The van der Waals surface area contributed by atoms with Gasteiger partial charge >= 0.3 is 0 Å². The van der Waals surface area contributed by atoms with Gasteiger partial charge in [-0.25, -0.2) is 0 Å². The average Bonchev–Trinajstić information content (AvgIpc) is 2.61. The third-order valence-corrected chi connectivity index (χ3v) is 7.18. The van der Waals surface area contributed by atoms with Crippen molar-refractivity contribution in [1.82, 2.24) is 14.7 Å². The molecule has 0 unspecified atom stereocenters. The third-order valence-electron chi connectivity index (χ3n) is 7.18. The molecule has 3 aliphatic heterocycles. The molecule has 0 radical (unpaired) electrons. The van der Waals surface area contributed by atoms with E-state index in [4.69, 9.17) is 4.74 Å². The first-order valence-corrected chi connectivity index (χ1v) is 11.5. The first kappa shape index (κ1) is 21.5. The first-order chi connectivity index (χ1) is 12.6. The fourth-order valence-corrected chi connectivity index (χ4v) is 5.21. The van der Waals surface area contributed by atoms with E-state index in [1.807, 2.05) is 0 Å². The van der Waals surface area contributed by atoms with Crippen LogP contribution in [0.15, 0.2) is 0 Å². The van der Waals surface area contributed by atoms with Gasteiger partial charge in [0.1, 0.15) is 0 Å². The quantitative estimate of drug-likeness (QED) is 0.738. The lowest BCUT2D eigenvalue weighted by atomic mass is 9.95. The summed E-state index contributed by atoms with van der Waals surface area (Å²) in [7, 11) is 0. The highest BCUT2D eigenvalue weighted by molar-refractivity contribution is 4.88. The van der Waals surface area contributed by atoms with Gasteiger partial charge in [0.05, 0.1) is 12.2 Å². The molecule has 0 aromatic heterocycles. The highest BCUT2D eigenvalue weighted by Crippen LogP contribution is 2.28. The molecule has 0 aliphatic carbocycles. The van der Waals surface area contributed by atoms with Crippen LogP contribution in [0.2, 0.25) is 0 Å². The second-order valence-electron chi connectivity index (χ2n) is 11.1. The molecule has 0 bridgehead atoms. The zero-order valence-corrected chi connectivity index (χ0v) is 19.0. The largest absolute Gasteiger partial charge is 0.375 e. The second-order valence-corrected chi connectivity index (χ2v) is 11.1. The minimum Gasteiger partial charge on any atom is -0.375 e. The molecule has 4 heteroatoms. The minimum absolute atomic E-state index is 0.304. The van der Waals surface area contributed by atoms with Crippen molar-refractivity contribution in [1.29, 1.82) is 0 Å². The van der Waals surface area contributed by atoms with Crippen molar-refractivity contribution < 1.29 is 4.74 Å². The lowest BCUT2D eigenvalue weighted by molar-refractivity contribution is -0.0788. The van der Waals surface area contributed by atoms with Gasteiger partial charge in [0, 0.05) is 56.4 Å². The van der Waals surface area contributed by atoms with Crippen LogP contribution < -0.4 is 0 Å². The van der Waals surface area contributed by atoms with Crippen LogP contribution in [0.25, 0.3) is 0 Å². The molecule has 3 fully saturated rings. The van der Waals surface area contributed by atoms with Crippen LogP contribution >= 0.6 is 0 Å². The molecule has 0 aromatic rings. The van der Waals surface area contributed by atoms with Crippen LogP contribution in [0.3, 0.4) is 0 Å². The lowest BCUT2D eigenvalue weighted by Crippen LogP contribution is -2.53. The van der Waals surface area contributed by atoms with Crippen LogP contribution in [-0.2, 0) is 4.74 Å². The van der Waals surface area contributed by atoms with E-state index in [1.165, 1.54) is 77.8 Å². The smallest absolute Gasteiger partial charge is 0.0603 e. The van der Waals surface area contributed by atoms with E-state index >= 15 is 0 Å². The Morgan fingerprint density at radius 1 is 0.556 bits per heavy atom. The number of piperidine rings is 3. The molecule has 0 amide bonds. The fourth-order valence-electron chi connectivity index (χ4n) is 5.21. The highest BCUT2D eigenvalue weighted by Gasteiger charge is 2.33. The van der Waals surface area contributed by atoms with Gasteiger partial charge in [-0.1, -0.05) is 0 Å². The van der Waals surface area contributed by atoms with E-state index in [9.17, 15) is 0 Å². The number of nitrogens with zero attached hydrogens (tertiary/aromatic N) is 3. The molecule has 3 rings (SSSR count). The molecule has 3 heterocycles. The fraction of sp³-hybridized carbons (Fsp3) is 1.00. The second kappa shape index (κ2) is 8.69. The summed E-state index contributed by atoms with van der Waals surface area (Å²) >= 11 is 0. The molecule has 0 spiro atoms. The molecular weight excluding hydrogens is 334 g/mol. The number of likely N-dealkylation sites (tertiary alicyclic amines) is 3. The van der Waals surface area contributed by atoms with Crippen molar-refractivity contribution in [2.24, 2.45) is 0 Å². The van der Waals surface area contributed by atoms with Crippen LogP contribution in [0, 0.1) is 0 Å². The van der Waals surface area contributed by atoms with Crippen molar-refractivity contribution in [3.05, 3.63) is 0 Å². The first-order valence-electron chi connectivity index (χ1n) is 11.5. The monoisotopic (exact) mass is 379 g/mol. The van der Waals surface area contributed by atoms with E-state index in [1.54, 1.807) is 0 Å². The van der Waals surface area contributed by atoms with Crippen LogP contribution in [0.4, 0.5) is 0 Å². The summed E-state index contributed by atoms with van der Waals surface area (Å²) in [6, 6.07) is 0.805. The van der Waals surface area contributed by atoms with Gasteiger partial charge in [-0.2, -0.15) is 0 Å². The Morgan fingerprint density at radius 3 is 1.33 bits per heavy atom. The molecule has 27 heavy (non-hydrogen) atoms. The summed E-state index contributed by atoms with van der Waals surface area (Å²) in [5.74, 6) is 0. The Labute approximate surface area is 168 Å². The summed E-state index contributed by atoms with van der Waals surface area (Å²) in [6.45, 7) is 21.4. The number of ether oxygens (including phenoxy) is 1. The van der Waals surface area contributed by atoms with Gasteiger partial charge in [-0.3, -0.25) is 9.80 Å². The molecule has 0 N–H and O–H groups in total. The summed E-state index contributed by atoms with van der Waals surface area (Å²) in [4.78, 5) is 8.03. The maximum absolute atomic E-state index is 6.53. The Morgan fingerprint density at radius 2 is 0.926 bits per heavy atom. The van der Waals surface area contributed by atoms with Gasteiger partial charge in [0.2, 0.25) is 0 Å². The summed E-state index contributed by atoms with van der Waals surface area (Å²) < 4.78 is 6.53. The predicted octanol–water partition coefficient (Wildman–Crippen LogP) is 3.99. The van der Waals surface area contributed by atoms with E-state index < -0.39 is 0 Å². The highest BCUT2D eigenvalue weighted by atomic mass is 16.5. The van der Waals surface area contributed by atoms with E-state index in [0.717, 1.165) is 6.04 Å². The maximum atomic E-state index is 6.53. The van der Waals surface area contributed by atoms with Crippen LogP contribution in [0.1, 0.15) is 80.1 Å². The van der Waals surface area contributed by atoms with E-state index in [0.29, 0.717) is 23.3 Å². The van der Waals surface area contributed by atoms with Crippen molar-refractivity contribution in [2.75, 3.05) is 39.3 Å². The molecule has 3 aliphatic rings. The van der Waals surface area contributed by atoms with Crippen molar-refractivity contribution in [3.63, 3.8) is 0 Å². The molecule has 4 nitrogen and oxygen atoms in total. The molecule has 158 valence electrons. The van der Waals surface area contributed by atoms with Crippen molar-refractivity contribution >= 4 is 0 Å². The molecular formula is C23H45N3O. The topological polar surface area (TPSA) is 19.0 Å². The SMILES string of the molecule is CC(C)(C)N1CCC(OC2CCN(C3CCN(C(C)(C)C)CC3)CC2)CC1. The number of hydrogen-bond acceptors (Lipinski definition) is 4. The molecule has 0 aromatic carbocycles. The Balaban J connectivity index is 1.35. The zero-order valence-electron chi connectivity index (χ0n) is 19.0. The summed E-state index contributed by atoms with van der Waals surface area (Å²) in [5.41, 5.74) is 0.632. The Bertz CT molecular complexity index is 443. The molecule has 0 atom stereocenters. The zero-order chi connectivity index (χ0) is 19.7. The van der Waals surface area contributed by atoms with Gasteiger partial charge in [-0.15, -0.1) is 0 Å². The molecule has 0 saturated carbocycles. The van der Waals surface area contributed by atoms with Crippen LogP contribution in [0.5, 0.6) is 0 Å². The Hall–Kier alpha value is -0.160. The van der Waals surface area contributed by atoms with Gasteiger partial charge in [0.25, 0.3) is 0 Å². The van der Waals surface area contributed by atoms with Crippen molar-refractivity contribution in [3.8, 4) is 0 Å². The third kappa shape index (κ3) is 5.91. The van der Waals surface area contributed by atoms with Gasteiger partial charge in [0.15, 0.2) is 0 Å². The standard InChI is InChI=1S/C23H45N3O/c1-22(2,3)25-15-7-19(8-16-25)24-13-9-20(10-14-24)27-21-11-17-26(18-12-21)23(4,5)6/h19-21H,7-18H2,1-6H3. The van der Waals surface area contributed by atoms with Crippen molar-refractivity contribution in [2.45, 2.75) is 109 Å². The van der Waals surface area contributed by atoms with Crippen LogP contribution in [-0.4, -0.2) is 83.3 Å². The maximum Gasteiger partial charge on any atom is 0.0603 e. The molecule has 3 saturated heterocycles. The minimum atomic E-state index is 0.304. The van der Waals surface area contributed by atoms with E-state index in [-0.39, 0.29) is 0 Å². The lowest BCUT2D eigenvalue weighted by Gasteiger charge is -2.46. The predicted molar refractivity (Wildman–Crippen MR) is 114 cm³/mol. The number of hydrogen-bond donors (Lipinski definition) is 0.